The van der Waals surface area contributed by atoms with Crippen LogP contribution < -0.4 is 0 Å². The van der Waals surface area contributed by atoms with E-state index in [1.54, 1.807) is 42.5 Å². The third kappa shape index (κ3) is 2.98. The molecule has 0 aliphatic rings. The van der Waals surface area contributed by atoms with E-state index in [1.165, 1.54) is 0 Å². The van der Waals surface area contributed by atoms with Crippen molar-refractivity contribution in [3.63, 3.8) is 0 Å². The molecule has 1 aromatic heterocycles. The van der Waals surface area contributed by atoms with Gasteiger partial charge in [-0.2, -0.15) is 0 Å². The number of carboxylic acids is 1. The first-order chi connectivity index (χ1) is 10.6. The van der Waals surface area contributed by atoms with Crippen molar-refractivity contribution >= 4 is 28.7 Å². The van der Waals surface area contributed by atoms with Crippen molar-refractivity contribution < 1.29 is 19.4 Å². The van der Waals surface area contributed by atoms with Crippen molar-refractivity contribution in [1.29, 1.82) is 0 Å². The number of fused-ring (bicyclic) bond motifs is 1. The lowest BCUT2D eigenvalue weighted by Gasteiger charge is -2.01. The number of phenols is 1. The van der Waals surface area contributed by atoms with Gasteiger partial charge in [0.2, 0.25) is 5.89 Å². The van der Waals surface area contributed by atoms with E-state index >= 15 is 0 Å². The van der Waals surface area contributed by atoms with Crippen LogP contribution in [-0.4, -0.2) is 21.2 Å². The molecule has 2 aromatic carbocycles. The number of para-hydroxylation sites is 2. The van der Waals surface area contributed by atoms with E-state index in [0.717, 1.165) is 0 Å². The molecule has 0 spiro atoms. The quantitative estimate of drug-likeness (QED) is 0.769. The highest BCUT2D eigenvalue weighted by Crippen LogP contribution is 2.26. The van der Waals surface area contributed by atoms with Crippen LogP contribution in [0, 0.1) is 0 Å². The predicted octanol–water partition coefficient (Wildman–Crippen LogP) is 3.55. The molecule has 0 aliphatic carbocycles. The Morgan fingerprint density at radius 1 is 1.18 bits per heavy atom. The van der Waals surface area contributed by atoms with Crippen molar-refractivity contribution in [2.75, 3.05) is 0 Å². The Labute approximate surface area is 126 Å². The molecule has 0 radical (unpaired) electrons. The Morgan fingerprint density at radius 2 is 2.00 bits per heavy atom. The minimum atomic E-state index is -0.978. The largest absolute Gasteiger partial charge is 0.508 e. The highest BCUT2D eigenvalue weighted by molar-refractivity contribution is 5.91. The van der Waals surface area contributed by atoms with Crippen LogP contribution in [0.1, 0.15) is 17.9 Å². The number of carboxylic acid groups (broad SMARTS) is 1. The Hall–Kier alpha value is -3.08. The van der Waals surface area contributed by atoms with Gasteiger partial charge < -0.3 is 14.6 Å². The maximum Gasteiger partial charge on any atom is 0.308 e. The molecule has 1 heterocycles. The van der Waals surface area contributed by atoms with E-state index in [0.29, 0.717) is 22.2 Å². The number of hydrogen-bond acceptors (Lipinski definition) is 4. The van der Waals surface area contributed by atoms with E-state index < -0.39 is 5.97 Å². The van der Waals surface area contributed by atoms with Gasteiger partial charge in [-0.05, 0) is 35.9 Å². The molecule has 0 aliphatic heterocycles. The Bertz CT molecular complexity index is 831. The molecular weight excluding hydrogens is 282 g/mol. The molecule has 0 saturated carbocycles. The van der Waals surface area contributed by atoms with Crippen LogP contribution >= 0.6 is 0 Å². The summed E-state index contributed by atoms with van der Waals surface area (Å²) in [6.07, 6.45) is 1.43. The zero-order valence-electron chi connectivity index (χ0n) is 11.6. The third-order valence-electron chi connectivity index (χ3n) is 3.12. The Balaban J connectivity index is 2.07. The number of hydrogen-bond donors (Lipinski definition) is 2. The molecule has 22 heavy (non-hydrogen) atoms. The summed E-state index contributed by atoms with van der Waals surface area (Å²) in [6, 6.07) is 13.8. The average Bonchev–Trinajstić information content (AvgIpc) is 2.90. The second kappa shape index (κ2) is 5.73. The monoisotopic (exact) mass is 295 g/mol. The lowest BCUT2D eigenvalue weighted by Crippen LogP contribution is -1.97. The molecule has 0 fully saturated rings. The number of phenolic OH excluding ortho intramolecular Hbond substituents is 1. The van der Waals surface area contributed by atoms with Gasteiger partial charge in [0, 0.05) is 5.57 Å². The van der Waals surface area contributed by atoms with Crippen LogP contribution in [0.25, 0.3) is 22.7 Å². The number of aromatic hydroxyl groups is 1. The van der Waals surface area contributed by atoms with Crippen molar-refractivity contribution in [3.8, 4) is 5.75 Å². The molecule has 2 N–H and O–H groups in total. The van der Waals surface area contributed by atoms with Crippen LogP contribution in [-0.2, 0) is 4.79 Å². The molecule has 0 unspecified atom stereocenters. The fourth-order valence-electron chi connectivity index (χ4n) is 2.18. The van der Waals surface area contributed by atoms with E-state index in [9.17, 15) is 9.90 Å². The van der Waals surface area contributed by atoms with Gasteiger partial charge in [-0.25, -0.2) is 4.98 Å². The fraction of sp³-hybridized carbons (Fsp3) is 0.0588. The van der Waals surface area contributed by atoms with Gasteiger partial charge in [-0.15, -0.1) is 0 Å². The predicted molar refractivity (Wildman–Crippen MR) is 82.2 cm³/mol. The average molecular weight is 295 g/mol. The van der Waals surface area contributed by atoms with Gasteiger partial charge in [-0.3, -0.25) is 4.79 Å². The number of aromatic nitrogens is 1. The highest BCUT2D eigenvalue weighted by atomic mass is 16.4. The third-order valence-corrected chi connectivity index (χ3v) is 3.12. The molecular formula is C17H13NO4. The molecule has 110 valence electrons. The highest BCUT2D eigenvalue weighted by Gasteiger charge is 2.14. The second-order valence-electron chi connectivity index (χ2n) is 4.82. The van der Waals surface area contributed by atoms with Gasteiger partial charge in [-0.1, -0.05) is 24.3 Å². The molecule has 0 atom stereocenters. The number of aliphatic carboxylic acids is 1. The summed E-state index contributed by atoms with van der Waals surface area (Å²) in [5.41, 5.74) is 2.39. The summed E-state index contributed by atoms with van der Waals surface area (Å²) in [7, 11) is 0. The van der Waals surface area contributed by atoms with Crippen molar-refractivity contribution in [1.82, 2.24) is 4.98 Å². The maximum absolute atomic E-state index is 11.1. The smallest absolute Gasteiger partial charge is 0.308 e. The SMILES string of the molecule is O=C(O)C/C(=C/c1cccc(O)c1)c1nc2ccccc2o1. The summed E-state index contributed by atoms with van der Waals surface area (Å²) in [4.78, 5) is 15.4. The molecule has 3 aromatic rings. The number of rotatable bonds is 4. The van der Waals surface area contributed by atoms with Crippen LogP contribution in [0.15, 0.2) is 52.9 Å². The Kier molecular flexibility index (Phi) is 3.62. The first kappa shape index (κ1) is 13.9. The molecule has 5 heteroatoms. The molecule has 5 nitrogen and oxygen atoms in total. The van der Waals surface area contributed by atoms with Crippen LogP contribution in [0.4, 0.5) is 0 Å². The zero-order chi connectivity index (χ0) is 15.5. The minimum Gasteiger partial charge on any atom is -0.508 e. The number of carbonyl (C=O) groups is 1. The van der Waals surface area contributed by atoms with Crippen LogP contribution in [0.3, 0.4) is 0 Å². The van der Waals surface area contributed by atoms with Gasteiger partial charge >= 0.3 is 5.97 Å². The molecule has 3 rings (SSSR count). The van der Waals surface area contributed by atoms with Crippen LogP contribution in [0.5, 0.6) is 5.75 Å². The summed E-state index contributed by atoms with van der Waals surface area (Å²) in [5, 5.41) is 18.6. The van der Waals surface area contributed by atoms with E-state index in [2.05, 4.69) is 4.98 Å². The summed E-state index contributed by atoms with van der Waals surface area (Å²) in [5.74, 6) is -0.596. The minimum absolute atomic E-state index is 0.112. The topological polar surface area (TPSA) is 83.6 Å². The van der Waals surface area contributed by atoms with Gasteiger partial charge in [0.25, 0.3) is 0 Å². The molecule has 0 amide bonds. The maximum atomic E-state index is 11.1. The van der Waals surface area contributed by atoms with Gasteiger partial charge in [0.15, 0.2) is 5.58 Å². The van der Waals surface area contributed by atoms with E-state index in [-0.39, 0.29) is 18.1 Å². The molecule has 0 saturated heterocycles. The van der Waals surface area contributed by atoms with E-state index in [1.807, 2.05) is 12.1 Å². The number of oxazole rings is 1. The molecule has 0 bridgehead atoms. The normalized spacial score (nSPS) is 11.7. The van der Waals surface area contributed by atoms with Crippen molar-refractivity contribution in [2.24, 2.45) is 0 Å². The fourth-order valence-corrected chi connectivity index (χ4v) is 2.18. The second-order valence-corrected chi connectivity index (χ2v) is 4.82. The van der Waals surface area contributed by atoms with Gasteiger partial charge in [0.1, 0.15) is 11.3 Å². The number of nitrogens with zero attached hydrogens (tertiary/aromatic N) is 1. The first-order valence-electron chi connectivity index (χ1n) is 6.69. The Morgan fingerprint density at radius 3 is 2.73 bits per heavy atom. The zero-order valence-corrected chi connectivity index (χ0v) is 11.6. The lowest BCUT2D eigenvalue weighted by atomic mass is 10.1. The summed E-state index contributed by atoms with van der Waals surface area (Å²) in [6.45, 7) is 0. The summed E-state index contributed by atoms with van der Waals surface area (Å²) >= 11 is 0. The lowest BCUT2D eigenvalue weighted by molar-refractivity contribution is -0.135. The van der Waals surface area contributed by atoms with Crippen molar-refractivity contribution in [2.45, 2.75) is 6.42 Å². The summed E-state index contributed by atoms with van der Waals surface area (Å²) < 4.78 is 5.63. The van der Waals surface area contributed by atoms with Crippen LogP contribution in [0.2, 0.25) is 0 Å². The standard InChI is InChI=1S/C17H13NO4/c19-13-5-3-4-11(9-13)8-12(10-16(20)21)17-18-14-6-1-2-7-15(14)22-17/h1-9,19H,10H2,(H,20,21)/b12-8-. The van der Waals surface area contributed by atoms with Gasteiger partial charge in [0.05, 0.1) is 6.42 Å². The van der Waals surface area contributed by atoms with Crippen molar-refractivity contribution in [3.05, 3.63) is 60.0 Å². The number of benzene rings is 2. The van der Waals surface area contributed by atoms with E-state index in [4.69, 9.17) is 9.52 Å². The first-order valence-corrected chi connectivity index (χ1v) is 6.69.